The van der Waals surface area contributed by atoms with Gasteiger partial charge in [0.25, 0.3) is 0 Å². The van der Waals surface area contributed by atoms with Crippen LogP contribution >= 0.6 is 0 Å². The Bertz CT molecular complexity index is 338. The van der Waals surface area contributed by atoms with Gasteiger partial charge in [0.05, 0.1) is 17.5 Å². The molecule has 0 spiro atoms. The van der Waals surface area contributed by atoms with Gasteiger partial charge in [0.15, 0.2) is 0 Å². The summed E-state index contributed by atoms with van der Waals surface area (Å²) in [6, 6.07) is 6.03. The third kappa shape index (κ3) is 1.55. The van der Waals surface area contributed by atoms with Crippen LogP contribution < -0.4 is 10.6 Å². The maximum atomic E-state index is 9.44. The summed E-state index contributed by atoms with van der Waals surface area (Å²) in [4.78, 5) is 2.15. The average molecular weight is 192 g/mol. The number of para-hydroxylation sites is 1. The predicted octanol–water partition coefficient (Wildman–Crippen LogP) is 1.15. The number of rotatable bonds is 1. The first-order valence-corrected chi connectivity index (χ1v) is 4.96. The molecule has 0 amide bonds. The third-order valence-corrected chi connectivity index (χ3v) is 2.81. The summed E-state index contributed by atoms with van der Waals surface area (Å²) in [7, 11) is 0. The standard InChI is InChI=1S/C11H16N2O/c1-8-3-2-4-10(11(8)12)13-6-5-9(14)7-13/h2-4,9,14H,5-7,12H2,1H3. The zero-order valence-electron chi connectivity index (χ0n) is 8.40. The van der Waals surface area contributed by atoms with Crippen molar-refractivity contribution in [1.82, 2.24) is 0 Å². The average Bonchev–Trinajstić information content (AvgIpc) is 2.57. The van der Waals surface area contributed by atoms with E-state index in [2.05, 4.69) is 4.90 Å². The van der Waals surface area contributed by atoms with Gasteiger partial charge in [-0.2, -0.15) is 0 Å². The number of benzene rings is 1. The van der Waals surface area contributed by atoms with Gasteiger partial charge in [0.1, 0.15) is 0 Å². The van der Waals surface area contributed by atoms with Gasteiger partial charge < -0.3 is 15.7 Å². The van der Waals surface area contributed by atoms with Crippen molar-refractivity contribution in [3.8, 4) is 0 Å². The number of hydrogen-bond acceptors (Lipinski definition) is 3. The molecule has 3 N–H and O–H groups in total. The Morgan fingerprint density at radius 3 is 2.93 bits per heavy atom. The minimum absolute atomic E-state index is 0.199. The smallest absolute Gasteiger partial charge is 0.0731 e. The Hall–Kier alpha value is -1.22. The zero-order valence-corrected chi connectivity index (χ0v) is 8.40. The summed E-state index contributed by atoms with van der Waals surface area (Å²) < 4.78 is 0. The van der Waals surface area contributed by atoms with E-state index in [0.29, 0.717) is 6.54 Å². The molecule has 1 aliphatic rings. The van der Waals surface area contributed by atoms with Crippen LogP contribution in [0.25, 0.3) is 0 Å². The monoisotopic (exact) mass is 192 g/mol. The highest BCUT2D eigenvalue weighted by Gasteiger charge is 2.21. The first-order valence-electron chi connectivity index (χ1n) is 4.96. The summed E-state index contributed by atoms with van der Waals surface area (Å²) in [6.45, 7) is 3.60. The van der Waals surface area contributed by atoms with Crippen LogP contribution in [0.4, 0.5) is 11.4 Å². The Balaban J connectivity index is 2.28. The molecular weight excluding hydrogens is 176 g/mol. The summed E-state index contributed by atoms with van der Waals surface area (Å²) >= 11 is 0. The number of hydrogen-bond donors (Lipinski definition) is 2. The minimum Gasteiger partial charge on any atom is -0.397 e. The Labute approximate surface area is 84.1 Å². The van der Waals surface area contributed by atoms with Crippen molar-refractivity contribution in [2.75, 3.05) is 23.7 Å². The van der Waals surface area contributed by atoms with Crippen LogP contribution in [0.1, 0.15) is 12.0 Å². The molecule has 1 unspecified atom stereocenters. The molecular formula is C11H16N2O. The second kappa shape index (κ2) is 3.50. The molecule has 0 bridgehead atoms. The van der Waals surface area contributed by atoms with Crippen LogP contribution in [0, 0.1) is 6.92 Å². The fraction of sp³-hybridized carbons (Fsp3) is 0.455. The van der Waals surface area contributed by atoms with E-state index in [-0.39, 0.29) is 6.10 Å². The molecule has 14 heavy (non-hydrogen) atoms. The fourth-order valence-electron chi connectivity index (χ4n) is 1.90. The van der Waals surface area contributed by atoms with Gasteiger partial charge in [-0.15, -0.1) is 0 Å². The van der Waals surface area contributed by atoms with Gasteiger partial charge in [0, 0.05) is 13.1 Å². The normalized spacial score (nSPS) is 21.6. The van der Waals surface area contributed by atoms with Crippen molar-refractivity contribution < 1.29 is 5.11 Å². The first kappa shape index (κ1) is 9.34. The zero-order chi connectivity index (χ0) is 10.1. The van der Waals surface area contributed by atoms with Crippen LogP contribution in [-0.4, -0.2) is 24.3 Å². The molecule has 2 rings (SSSR count). The molecule has 0 radical (unpaired) electrons. The van der Waals surface area contributed by atoms with Crippen LogP contribution in [0.15, 0.2) is 18.2 Å². The van der Waals surface area contributed by atoms with Gasteiger partial charge in [-0.25, -0.2) is 0 Å². The molecule has 1 aliphatic heterocycles. The Kier molecular flexibility index (Phi) is 2.33. The molecule has 3 nitrogen and oxygen atoms in total. The summed E-state index contributed by atoms with van der Waals surface area (Å²) in [5.41, 5.74) is 8.98. The van der Waals surface area contributed by atoms with Gasteiger partial charge in [-0.3, -0.25) is 0 Å². The van der Waals surface area contributed by atoms with E-state index in [1.807, 2.05) is 25.1 Å². The van der Waals surface area contributed by atoms with Crippen LogP contribution in [0.2, 0.25) is 0 Å². The van der Waals surface area contributed by atoms with E-state index in [1.54, 1.807) is 0 Å². The predicted molar refractivity (Wildman–Crippen MR) is 58.4 cm³/mol. The van der Waals surface area contributed by atoms with Gasteiger partial charge in [-0.05, 0) is 25.0 Å². The van der Waals surface area contributed by atoms with E-state index >= 15 is 0 Å². The lowest BCUT2D eigenvalue weighted by Gasteiger charge is -2.20. The van der Waals surface area contributed by atoms with Crippen molar-refractivity contribution >= 4 is 11.4 Å². The maximum Gasteiger partial charge on any atom is 0.0731 e. The maximum absolute atomic E-state index is 9.44. The summed E-state index contributed by atoms with van der Waals surface area (Å²) in [6.07, 6.45) is 0.642. The molecule has 1 saturated heterocycles. The number of aryl methyl sites for hydroxylation is 1. The number of aliphatic hydroxyl groups excluding tert-OH is 1. The molecule has 0 aliphatic carbocycles. The minimum atomic E-state index is -0.199. The van der Waals surface area contributed by atoms with Crippen molar-refractivity contribution in [1.29, 1.82) is 0 Å². The van der Waals surface area contributed by atoms with E-state index in [4.69, 9.17) is 5.73 Å². The number of nitrogens with two attached hydrogens (primary N) is 1. The summed E-state index contributed by atoms with van der Waals surface area (Å²) in [5.74, 6) is 0. The number of nitrogens with zero attached hydrogens (tertiary/aromatic N) is 1. The van der Waals surface area contributed by atoms with E-state index < -0.39 is 0 Å². The lowest BCUT2D eigenvalue weighted by molar-refractivity contribution is 0.198. The van der Waals surface area contributed by atoms with Crippen LogP contribution in [0.5, 0.6) is 0 Å². The molecule has 1 aromatic carbocycles. The molecule has 1 atom stereocenters. The highest BCUT2D eigenvalue weighted by molar-refractivity contribution is 5.71. The largest absolute Gasteiger partial charge is 0.397 e. The lowest BCUT2D eigenvalue weighted by Crippen LogP contribution is -2.22. The van der Waals surface area contributed by atoms with Gasteiger partial charge in [-0.1, -0.05) is 12.1 Å². The number of anilines is 2. The molecule has 1 fully saturated rings. The first-order chi connectivity index (χ1) is 6.68. The highest BCUT2D eigenvalue weighted by atomic mass is 16.3. The van der Waals surface area contributed by atoms with Crippen molar-refractivity contribution in [3.63, 3.8) is 0 Å². The molecule has 0 saturated carbocycles. The van der Waals surface area contributed by atoms with Crippen molar-refractivity contribution in [2.45, 2.75) is 19.4 Å². The van der Waals surface area contributed by atoms with E-state index in [0.717, 1.165) is 29.9 Å². The van der Waals surface area contributed by atoms with Gasteiger partial charge >= 0.3 is 0 Å². The van der Waals surface area contributed by atoms with Crippen molar-refractivity contribution in [3.05, 3.63) is 23.8 Å². The molecule has 1 heterocycles. The molecule has 3 heteroatoms. The molecule has 1 aromatic rings. The lowest BCUT2D eigenvalue weighted by atomic mass is 10.1. The quantitative estimate of drug-likeness (QED) is 0.656. The Morgan fingerprint density at radius 1 is 1.50 bits per heavy atom. The topological polar surface area (TPSA) is 49.5 Å². The van der Waals surface area contributed by atoms with Crippen LogP contribution in [0.3, 0.4) is 0 Å². The van der Waals surface area contributed by atoms with Crippen molar-refractivity contribution in [2.24, 2.45) is 0 Å². The second-order valence-electron chi connectivity index (χ2n) is 3.90. The molecule has 0 aromatic heterocycles. The third-order valence-electron chi connectivity index (χ3n) is 2.81. The number of aliphatic hydroxyl groups is 1. The van der Waals surface area contributed by atoms with Gasteiger partial charge in [0.2, 0.25) is 0 Å². The summed E-state index contributed by atoms with van der Waals surface area (Å²) in [5, 5.41) is 9.44. The highest BCUT2D eigenvalue weighted by Crippen LogP contribution is 2.28. The van der Waals surface area contributed by atoms with E-state index in [1.165, 1.54) is 0 Å². The van der Waals surface area contributed by atoms with E-state index in [9.17, 15) is 5.11 Å². The number of β-amino-alcohol motifs (C(OH)–C–C–N with tert-alkyl or cyclic N) is 1. The second-order valence-corrected chi connectivity index (χ2v) is 3.90. The fourth-order valence-corrected chi connectivity index (χ4v) is 1.90. The SMILES string of the molecule is Cc1cccc(N2CCC(O)C2)c1N. The number of nitrogen functional groups attached to an aromatic ring is 1. The molecule has 76 valence electrons. The van der Waals surface area contributed by atoms with Crippen LogP contribution in [-0.2, 0) is 0 Å². The Morgan fingerprint density at radius 2 is 2.29 bits per heavy atom.